The van der Waals surface area contributed by atoms with Crippen molar-refractivity contribution >= 4 is 27.7 Å². The van der Waals surface area contributed by atoms with Crippen LogP contribution in [-0.4, -0.2) is 54.4 Å². The zero-order valence-electron chi connectivity index (χ0n) is 15.3. The highest BCUT2D eigenvalue weighted by atomic mass is 79.9. The first-order chi connectivity index (χ1) is 13.0. The molecule has 0 saturated carbocycles. The fraction of sp³-hybridized carbons (Fsp3) is 0.400. The number of ether oxygens (including phenoxy) is 1. The molecule has 0 bridgehead atoms. The highest BCUT2D eigenvalue weighted by Gasteiger charge is 2.26. The van der Waals surface area contributed by atoms with Gasteiger partial charge in [0.05, 0.1) is 6.61 Å². The molecule has 1 fully saturated rings. The highest BCUT2D eigenvalue weighted by Crippen LogP contribution is 2.18. The van der Waals surface area contributed by atoms with Gasteiger partial charge >= 0.3 is 0 Å². The molecule has 0 atom stereocenters. The van der Waals surface area contributed by atoms with Crippen molar-refractivity contribution in [2.75, 3.05) is 32.8 Å². The summed E-state index contributed by atoms with van der Waals surface area (Å²) in [5.74, 6) is 1.15. The summed E-state index contributed by atoms with van der Waals surface area (Å²) in [6, 6.07) is 11.2. The molecule has 3 rings (SSSR count). The van der Waals surface area contributed by atoms with E-state index in [0.29, 0.717) is 56.1 Å². The molecule has 1 aromatic carbocycles. The van der Waals surface area contributed by atoms with Gasteiger partial charge in [-0.2, -0.15) is 0 Å². The second-order valence-electron chi connectivity index (χ2n) is 6.49. The van der Waals surface area contributed by atoms with Gasteiger partial charge in [0.1, 0.15) is 5.75 Å². The lowest BCUT2D eigenvalue weighted by atomic mass is 10.2. The number of amides is 2. The molecule has 144 valence electrons. The van der Waals surface area contributed by atoms with Crippen molar-refractivity contribution in [2.24, 2.45) is 0 Å². The second-order valence-corrected chi connectivity index (χ2v) is 7.28. The Morgan fingerprint density at radius 2 is 1.78 bits per heavy atom. The van der Waals surface area contributed by atoms with Gasteiger partial charge in [0.2, 0.25) is 5.91 Å². The number of hydrogen-bond acceptors (Lipinski definition) is 4. The maximum absolute atomic E-state index is 12.4. The molecule has 1 aliphatic heterocycles. The number of furan rings is 1. The number of para-hydroxylation sites is 1. The molecule has 27 heavy (non-hydrogen) atoms. The molecule has 2 heterocycles. The van der Waals surface area contributed by atoms with Crippen LogP contribution in [0, 0.1) is 6.92 Å². The Labute approximate surface area is 167 Å². The third-order valence-electron chi connectivity index (χ3n) is 4.59. The van der Waals surface area contributed by atoms with Crippen molar-refractivity contribution in [1.29, 1.82) is 0 Å². The predicted molar refractivity (Wildman–Crippen MR) is 105 cm³/mol. The minimum absolute atomic E-state index is 0.108. The molecule has 0 aliphatic carbocycles. The van der Waals surface area contributed by atoms with Gasteiger partial charge in [-0.25, -0.2) is 0 Å². The van der Waals surface area contributed by atoms with E-state index in [-0.39, 0.29) is 11.8 Å². The van der Waals surface area contributed by atoms with Crippen LogP contribution in [0.5, 0.6) is 5.75 Å². The fourth-order valence-electron chi connectivity index (χ4n) is 3.03. The number of rotatable bonds is 6. The minimum Gasteiger partial charge on any atom is -0.493 e. The molecule has 7 heteroatoms. The molecule has 2 aromatic rings. The largest absolute Gasteiger partial charge is 0.493 e. The van der Waals surface area contributed by atoms with E-state index in [9.17, 15) is 9.59 Å². The number of carbonyl (C=O) groups is 2. The lowest BCUT2D eigenvalue weighted by Crippen LogP contribution is -2.50. The molecule has 1 saturated heterocycles. The Morgan fingerprint density at radius 3 is 2.44 bits per heavy atom. The average Bonchev–Trinajstić information content (AvgIpc) is 3.12. The van der Waals surface area contributed by atoms with E-state index in [1.807, 2.05) is 36.1 Å². The molecular weight excluding hydrogens is 412 g/mol. The van der Waals surface area contributed by atoms with Crippen molar-refractivity contribution in [1.82, 2.24) is 9.80 Å². The molecule has 0 unspecified atom stereocenters. The zero-order chi connectivity index (χ0) is 19.2. The van der Waals surface area contributed by atoms with Crippen molar-refractivity contribution in [2.45, 2.75) is 19.8 Å². The summed E-state index contributed by atoms with van der Waals surface area (Å²) in [4.78, 5) is 28.3. The quantitative estimate of drug-likeness (QED) is 0.652. The first kappa shape index (κ1) is 19.5. The standard InChI is InChI=1S/C20H23BrN2O4/c1-15-5-2-3-6-16(15)26-14-4-7-19(24)22-10-12-23(13-11-22)20(25)17-8-9-18(21)27-17/h2-3,5-6,8-9H,4,7,10-14H2,1H3. The van der Waals surface area contributed by atoms with Crippen LogP contribution in [0.4, 0.5) is 0 Å². The maximum atomic E-state index is 12.4. The third kappa shape index (κ3) is 5.13. The topological polar surface area (TPSA) is 63.0 Å². The van der Waals surface area contributed by atoms with Gasteiger partial charge in [-0.1, -0.05) is 18.2 Å². The van der Waals surface area contributed by atoms with Crippen LogP contribution in [0.1, 0.15) is 29.0 Å². The maximum Gasteiger partial charge on any atom is 0.289 e. The number of hydrogen-bond donors (Lipinski definition) is 0. The smallest absolute Gasteiger partial charge is 0.289 e. The van der Waals surface area contributed by atoms with E-state index in [4.69, 9.17) is 9.15 Å². The van der Waals surface area contributed by atoms with Crippen molar-refractivity contribution in [3.05, 3.63) is 52.4 Å². The lowest BCUT2D eigenvalue weighted by Gasteiger charge is -2.34. The van der Waals surface area contributed by atoms with Gasteiger partial charge in [-0.05, 0) is 53.0 Å². The Kier molecular flexibility index (Phi) is 6.55. The first-order valence-corrected chi connectivity index (χ1v) is 9.84. The second kappa shape index (κ2) is 9.08. The highest BCUT2D eigenvalue weighted by molar-refractivity contribution is 9.10. The molecule has 0 N–H and O–H groups in total. The molecule has 0 radical (unpaired) electrons. The predicted octanol–water partition coefficient (Wildman–Crippen LogP) is 3.49. The third-order valence-corrected chi connectivity index (χ3v) is 5.02. The van der Waals surface area contributed by atoms with E-state index in [0.717, 1.165) is 11.3 Å². The zero-order valence-corrected chi connectivity index (χ0v) is 16.9. The van der Waals surface area contributed by atoms with Crippen LogP contribution in [0.3, 0.4) is 0 Å². The van der Waals surface area contributed by atoms with Crippen LogP contribution < -0.4 is 4.74 Å². The summed E-state index contributed by atoms with van der Waals surface area (Å²) >= 11 is 3.20. The average molecular weight is 435 g/mol. The van der Waals surface area contributed by atoms with E-state index in [1.54, 1.807) is 17.0 Å². The van der Waals surface area contributed by atoms with Gasteiger partial charge in [0.15, 0.2) is 10.4 Å². The Morgan fingerprint density at radius 1 is 1.07 bits per heavy atom. The number of piperazine rings is 1. The summed E-state index contributed by atoms with van der Waals surface area (Å²) < 4.78 is 11.6. The van der Waals surface area contributed by atoms with Gasteiger partial charge in [0.25, 0.3) is 5.91 Å². The summed E-state index contributed by atoms with van der Waals surface area (Å²) in [6.45, 7) is 4.65. The van der Waals surface area contributed by atoms with E-state index < -0.39 is 0 Å². The number of benzene rings is 1. The van der Waals surface area contributed by atoms with E-state index in [2.05, 4.69) is 15.9 Å². The number of carbonyl (C=O) groups excluding carboxylic acids is 2. The van der Waals surface area contributed by atoms with Crippen molar-refractivity contribution in [3.63, 3.8) is 0 Å². The van der Waals surface area contributed by atoms with Gasteiger partial charge in [-0.15, -0.1) is 0 Å². The number of aryl methyl sites for hydroxylation is 1. The molecule has 6 nitrogen and oxygen atoms in total. The summed E-state index contributed by atoms with van der Waals surface area (Å²) in [5.41, 5.74) is 1.09. The van der Waals surface area contributed by atoms with Crippen molar-refractivity contribution < 1.29 is 18.7 Å². The van der Waals surface area contributed by atoms with Crippen LogP contribution in [0.15, 0.2) is 45.5 Å². The Balaban J connectivity index is 1.38. The van der Waals surface area contributed by atoms with E-state index >= 15 is 0 Å². The van der Waals surface area contributed by atoms with Crippen LogP contribution in [0.2, 0.25) is 0 Å². The summed E-state index contributed by atoms with van der Waals surface area (Å²) in [5, 5.41) is 0. The number of nitrogens with zero attached hydrogens (tertiary/aromatic N) is 2. The van der Waals surface area contributed by atoms with Gasteiger partial charge < -0.3 is 19.0 Å². The molecule has 2 amide bonds. The van der Waals surface area contributed by atoms with Crippen LogP contribution >= 0.6 is 15.9 Å². The van der Waals surface area contributed by atoms with Gasteiger partial charge in [-0.3, -0.25) is 9.59 Å². The number of halogens is 1. The van der Waals surface area contributed by atoms with Crippen LogP contribution in [0.25, 0.3) is 0 Å². The fourth-order valence-corrected chi connectivity index (χ4v) is 3.33. The Hall–Kier alpha value is -2.28. The molecule has 0 spiro atoms. The molecule has 1 aliphatic rings. The SMILES string of the molecule is Cc1ccccc1OCCCC(=O)N1CCN(C(=O)c2ccc(Br)o2)CC1. The van der Waals surface area contributed by atoms with Gasteiger partial charge in [0, 0.05) is 32.6 Å². The Bertz CT molecular complexity index is 797. The van der Waals surface area contributed by atoms with Crippen LogP contribution in [-0.2, 0) is 4.79 Å². The van der Waals surface area contributed by atoms with E-state index in [1.165, 1.54) is 0 Å². The first-order valence-electron chi connectivity index (χ1n) is 9.05. The summed E-state index contributed by atoms with van der Waals surface area (Å²) in [7, 11) is 0. The normalized spacial score (nSPS) is 14.3. The van der Waals surface area contributed by atoms with Crippen molar-refractivity contribution in [3.8, 4) is 5.75 Å². The molecule has 1 aromatic heterocycles. The monoisotopic (exact) mass is 434 g/mol. The molecular formula is C20H23BrN2O4. The lowest BCUT2D eigenvalue weighted by molar-refractivity contribution is -0.132. The summed E-state index contributed by atoms with van der Waals surface area (Å²) in [6.07, 6.45) is 1.12. The minimum atomic E-state index is -0.139.